The average Bonchev–Trinajstić information content (AvgIpc) is 2.91. The highest BCUT2D eigenvalue weighted by molar-refractivity contribution is 6.30. The largest absolute Gasteiger partial charge is 0.472 e. The fraction of sp³-hybridized carbons (Fsp3) is 0.286. The van der Waals surface area contributed by atoms with Crippen molar-refractivity contribution in [2.24, 2.45) is 0 Å². The second-order valence-electron chi connectivity index (χ2n) is 4.49. The van der Waals surface area contributed by atoms with Crippen LogP contribution in [0.4, 0.5) is 5.69 Å². The van der Waals surface area contributed by atoms with Crippen molar-refractivity contribution in [3.8, 4) is 5.88 Å². The lowest BCUT2D eigenvalue weighted by atomic mass is 10.3. The van der Waals surface area contributed by atoms with Gasteiger partial charge in [-0.3, -0.25) is 4.98 Å². The Morgan fingerprint density at radius 1 is 1.21 bits per heavy atom. The molecule has 2 aromatic heterocycles. The van der Waals surface area contributed by atoms with E-state index >= 15 is 0 Å². The van der Waals surface area contributed by atoms with E-state index in [1.54, 1.807) is 18.3 Å². The summed E-state index contributed by atoms with van der Waals surface area (Å²) >= 11 is 5.80. The zero-order chi connectivity index (χ0) is 13.1. The maximum absolute atomic E-state index is 5.85. The van der Waals surface area contributed by atoms with Gasteiger partial charge in [-0.1, -0.05) is 11.6 Å². The molecule has 2 aromatic rings. The summed E-state index contributed by atoms with van der Waals surface area (Å²) in [7, 11) is 0. The highest BCUT2D eigenvalue weighted by atomic mass is 35.5. The summed E-state index contributed by atoms with van der Waals surface area (Å²) in [5.41, 5.74) is 1.19. The Balaban J connectivity index is 1.62. The third-order valence-corrected chi connectivity index (χ3v) is 3.38. The van der Waals surface area contributed by atoms with Gasteiger partial charge in [0.1, 0.15) is 6.10 Å². The van der Waals surface area contributed by atoms with Gasteiger partial charge in [0.25, 0.3) is 0 Å². The van der Waals surface area contributed by atoms with Gasteiger partial charge in [0.05, 0.1) is 11.6 Å². The Morgan fingerprint density at radius 3 is 2.79 bits per heavy atom. The van der Waals surface area contributed by atoms with Crippen molar-refractivity contribution in [2.75, 3.05) is 18.0 Å². The first-order chi connectivity index (χ1) is 9.31. The summed E-state index contributed by atoms with van der Waals surface area (Å²) in [5, 5.41) is 0.622. The van der Waals surface area contributed by atoms with Crippen LogP contribution in [0.2, 0.25) is 5.02 Å². The van der Waals surface area contributed by atoms with Crippen LogP contribution in [0.3, 0.4) is 0 Å². The molecule has 3 rings (SSSR count). The zero-order valence-corrected chi connectivity index (χ0v) is 11.1. The summed E-state index contributed by atoms with van der Waals surface area (Å²) in [6.45, 7) is 1.86. The minimum Gasteiger partial charge on any atom is -0.472 e. The highest BCUT2D eigenvalue weighted by Crippen LogP contribution is 2.22. The van der Waals surface area contributed by atoms with Gasteiger partial charge in [0.2, 0.25) is 5.88 Å². The van der Waals surface area contributed by atoms with E-state index in [0.717, 1.165) is 19.5 Å². The fourth-order valence-corrected chi connectivity index (χ4v) is 2.33. The summed E-state index contributed by atoms with van der Waals surface area (Å²) in [4.78, 5) is 10.5. The molecular weight excluding hydrogens is 262 g/mol. The summed E-state index contributed by atoms with van der Waals surface area (Å²) in [6, 6.07) is 7.63. The van der Waals surface area contributed by atoms with E-state index in [0.29, 0.717) is 10.9 Å². The molecular formula is C14H14ClN3O. The van der Waals surface area contributed by atoms with E-state index < -0.39 is 0 Å². The molecule has 0 radical (unpaired) electrons. The van der Waals surface area contributed by atoms with Crippen LogP contribution in [0.25, 0.3) is 0 Å². The molecule has 3 heterocycles. The zero-order valence-electron chi connectivity index (χ0n) is 10.4. The maximum Gasteiger partial charge on any atom is 0.213 e. The average molecular weight is 276 g/mol. The number of nitrogens with zero attached hydrogens (tertiary/aromatic N) is 3. The molecule has 1 aliphatic heterocycles. The number of rotatable bonds is 3. The van der Waals surface area contributed by atoms with Crippen molar-refractivity contribution < 1.29 is 4.74 Å². The molecule has 1 unspecified atom stereocenters. The van der Waals surface area contributed by atoms with Gasteiger partial charge in [-0.05, 0) is 18.2 Å². The normalized spacial score (nSPS) is 18.6. The number of anilines is 1. The summed E-state index contributed by atoms with van der Waals surface area (Å²) in [6.07, 6.45) is 6.38. The monoisotopic (exact) mass is 275 g/mol. The van der Waals surface area contributed by atoms with Gasteiger partial charge in [-0.2, -0.15) is 0 Å². The number of aromatic nitrogens is 2. The Kier molecular flexibility index (Phi) is 3.51. The molecule has 0 aromatic carbocycles. The lowest BCUT2D eigenvalue weighted by Crippen LogP contribution is -2.24. The molecule has 0 N–H and O–H groups in total. The number of hydrogen-bond acceptors (Lipinski definition) is 4. The Labute approximate surface area is 117 Å². The van der Waals surface area contributed by atoms with E-state index in [1.807, 2.05) is 24.5 Å². The smallest absolute Gasteiger partial charge is 0.213 e. The van der Waals surface area contributed by atoms with Crippen LogP contribution in [-0.4, -0.2) is 29.2 Å². The Bertz CT molecular complexity index is 532. The molecule has 1 fully saturated rings. The van der Waals surface area contributed by atoms with Crippen LogP contribution in [0.15, 0.2) is 42.9 Å². The molecule has 5 heteroatoms. The summed E-state index contributed by atoms with van der Waals surface area (Å²) in [5.74, 6) is 0.631. The van der Waals surface area contributed by atoms with E-state index in [9.17, 15) is 0 Å². The van der Waals surface area contributed by atoms with Gasteiger partial charge in [0, 0.05) is 43.3 Å². The van der Waals surface area contributed by atoms with E-state index in [2.05, 4.69) is 14.9 Å². The number of pyridine rings is 2. The number of ether oxygens (including phenoxy) is 1. The van der Waals surface area contributed by atoms with E-state index in [4.69, 9.17) is 16.3 Å². The molecule has 0 spiro atoms. The van der Waals surface area contributed by atoms with Crippen LogP contribution >= 0.6 is 11.6 Å². The van der Waals surface area contributed by atoms with Gasteiger partial charge in [-0.15, -0.1) is 0 Å². The third-order valence-electron chi connectivity index (χ3n) is 3.16. The predicted molar refractivity (Wildman–Crippen MR) is 74.7 cm³/mol. The first kappa shape index (κ1) is 12.2. The lowest BCUT2D eigenvalue weighted by Gasteiger charge is -2.18. The van der Waals surface area contributed by atoms with Crippen molar-refractivity contribution in [3.63, 3.8) is 0 Å². The predicted octanol–water partition coefficient (Wildman–Crippen LogP) is 2.79. The molecule has 0 aliphatic carbocycles. The second-order valence-corrected chi connectivity index (χ2v) is 4.93. The Hall–Kier alpha value is -1.81. The van der Waals surface area contributed by atoms with Crippen molar-refractivity contribution >= 4 is 17.3 Å². The van der Waals surface area contributed by atoms with Crippen LogP contribution in [0.1, 0.15) is 6.42 Å². The van der Waals surface area contributed by atoms with E-state index in [1.165, 1.54) is 5.69 Å². The molecule has 4 nitrogen and oxygen atoms in total. The van der Waals surface area contributed by atoms with Crippen molar-refractivity contribution in [1.29, 1.82) is 0 Å². The molecule has 0 amide bonds. The Morgan fingerprint density at radius 2 is 2.05 bits per heavy atom. The maximum atomic E-state index is 5.85. The number of halogens is 1. The van der Waals surface area contributed by atoms with Crippen LogP contribution in [0, 0.1) is 0 Å². The van der Waals surface area contributed by atoms with Gasteiger partial charge >= 0.3 is 0 Å². The van der Waals surface area contributed by atoms with Crippen molar-refractivity contribution in [1.82, 2.24) is 9.97 Å². The minimum absolute atomic E-state index is 0.168. The SMILES string of the molecule is Clc1ccc(OC2CCN(c3ccncc3)C2)nc1. The third kappa shape index (κ3) is 2.96. The van der Waals surface area contributed by atoms with Crippen molar-refractivity contribution in [3.05, 3.63) is 47.9 Å². The first-order valence-corrected chi connectivity index (χ1v) is 6.62. The fourth-order valence-electron chi connectivity index (χ4n) is 2.22. The molecule has 0 saturated carbocycles. The van der Waals surface area contributed by atoms with Crippen LogP contribution in [0.5, 0.6) is 5.88 Å². The molecule has 1 saturated heterocycles. The quantitative estimate of drug-likeness (QED) is 0.863. The lowest BCUT2D eigenvalue weighted by molar-refractivity contribution is 0.216. The minimum atomic E-state index is 0.168. The number of hydrogen-bond donors (Lipinski definition) is 0. The van der Waals surface area contributed by atoms with Crippen LogP contribution < -0.4 is 9.64 Å². The van der Waals surface area contributed by atoms with E-state index in [-0.39, 0.29) is 6.10 Å². The van der Waals surface area contributed by atoms with Gasteiger partial charge < -0.3 is 9.64 Å². The first-order valence-electron chi connectivity index (χ1n) is 6.24. The molecule has 98 valence electrons. The van der Waals surface area contributed by atoms with Gasteiger partial charge in [0.15, 0.2) is 0 Å². The summed E-state index contributed by atoms with van der Waals surface area (Å²) < 4.78 is 5.85. The van der Waals surface area contributed by atoms with Gasteiger partial charge in [-0.25, -0.2) is 4.98 Å². The highest BCUT2D eigenvalue weighted by Gasteiger charge is 2.24. The molecule has 1 atom stereocenters. The second kappa shape index (κ2) is 5.45. The van der Waals surface area contributed by atoms with Crippen LogP contribution in [-0.2, 0) is 0 Å². The standard InChI is InChI=1S/C14H14ClN3O/c15-11-1-2-14(17-9-11)19-13-5-8-18(10-13)12-3-6-16-7-4-12/h1-4,6-7,9,13H,5,8,10H2. The molecule has 0 bridgehead atoms. The molecule has 1 aliphatic rings. The molecule has 19 heavy (non-hydrogen) atoms. The van der Waals surface area contributed by atoms with Crippen molar-refractivity contribution in [2.45, 2.75) is 12.5 Å². The topological polar surface area (TPSA) is 38.2 Å².